The first-order valence-electron chi connectivity index (χ1n) is 7.22. The molecule has 1 heterocycles. The minimum atomic E-state index is -0.700. The van der Waals surface area contributed by atoms with Crippen LogP contribution in [0.5, 0.6) is 5.75 Å². The number of benzene rings is 1. The van der Waals surface area contributed by atoms with Gasteiger partial charge in [-0.1, -0.05) is 12.1 Å². The highest BCUT2D eigenvalue weighted by atomic mass is 16.5. The molecule has 1 aromatic heterocycles. The molecule has 128 valence electrons. The van der Waals surface area contributed by atoms with Crippen molar-refractivity contribution in [2.45, 2.75) is 0 Å². The Morgan fingerprint density at radius 2 is 1.83 bits per heavy atom. The number of hydrogen-bond donors (Lipinski definition) is 1. The van der Waals surface area contributed by atoms with Crippen molar-refractivity contribution in [3.8, 4) is 5.75 Å². The van der Waals surface area contributed by atoms with Crippen LogP contribution >= 0.6 is 0 Å². The molecule has 0 saturated heterocycles. The third-order valence-corrected chi connectivity index (χ3v) is 3.87. The predicted molar refractivity (Wildman–Crippen MR) is 91.9 cm³/mol. The summed E-state index contributed by atoms with van der Waals surface area (Å²) in [6.07, 6.45) is 0. The number of aromatic nitrogens is 2. The smallest absolute Gasteiger partial charge is 0.332 e. The monoisotopic (exact) mass is 332 g/mol. The van der Waals surface area contributed by atoms with E-state index in [2.05, 4.69) is 0 Å². The molecule has 1 aromatic carbocycles. The van der Waals surface area contributed by atoms with Gasteiger partial charge in [-0.15, -0.1) is 0 Å². The van der Waals surface area contributed by atoms with Gasteiger partial charge < -0.3 is 15.4 Å². The number of ether oxygens (including phenoxy) is 1. The van der Waals surface area contributed by atoms with E-state index < -0.39 is 17.0 Å². The molecule has 2 rings (SSSR count). The fraction of sp³-hybridized carbons (Fsp3) is 0.312. The fourth-order valence-electron chi connectivity index (χ4n) is 2.45. The summed E-state index contributed by atoms with van der Waals surface area (Å²) in [6, 6.07) is 7.21. The molecule has 8 heteroatoms. The maximum absolute atomic E-state index is 12.6. The van der Waals surface area contributed by atoms with Gasteiger partial charge >= 0.3 is 5.69 Å². The van der Waals surface area contributed by atoms with Gasteiger partial charge in [-0.2, -0.15) is 0 Å². The van der Waals surface area contributed by atoms with Gasteiger partial charge in [0.1, 0.15) is 17.1 Å². The number of hydrogen-bond acceptors (Lipinski definition) is 6. The topological polar surface area (TPSA) is 99.6 Å². The average Bonchev–Trinajstić information content (AvgIpc) is 2.58. The highest BCUT2D eigenvalue weighted by Gasteiger charge is 2.22. The third kappa shape index (κ3) is 2.90. The molecule has 0 unspecified atom stereocenters. The Kier molecular flexibility index (Phi) is 4.77. The molecule has 0 aliphatic heterocycles. The molecule has 0 aliphatic rings. The molecule has 0 bridgehead atoms. The lowest BCUT2D eigenvalue weighted by Crippen LogP contribution is -2.43. The van der Waals surface area contributed by atoms with Gasteiger partial charge in [0.25, 0.3) is 5.56 Å². The van der Waals surface area contributed by atoms with Crippen molar-refractivity contribution in [2.75, 3.05) is 31.3 Å². The number of nitrogen functional groups attached to an aromatic ring is 1. The van der Waals surface area contributed by atoms with Gasteiger partial charge in [0.15, 0.2) is 5.78 Å². The number of nitrogens with two attached hydrogens (primary N) is 1. The Hall–Kier alpha value is -3.03. The molecule has 0 aliphatic carbocycles. The van der Waals surface area contributed by atoms with E-state index >= 15 is 0 Å². The minimum absolute atomic E-state index is 0.0853. The number of carbonyl (C=O) groups is 1. The largest absolute Gasteiger partial charge is 0.495 e. The van der Waals surface area contributed by atoms with Gasteiger partial charge in [-0.25, -0.2) is 4.79 Å². The van der Waals surface area contributed by atoms with E-state index in [0.717, 1.165) is 9.13 Å². The number of ketones is 1. The lowest BCUT2D eigenvalue weighted by molar-refractivity contribution is 0.0998. The predicted octanol–water partition coefficient (Wildman–Crippen LogP) is -0.00610. The summed E-state index contributed by atoms with van der Waals surface area (Å²) in [6.45, 7) is -0.0853. The second-order valence-electron chi connectivity index (χ2n) is 5.42. The maximum atomic E-state index is 12.6. The van der Waals surface area contributed by atoms with Gasteiger partial charge in [0.2, 0.25) is 0 Å². The lowest BCUT2D eigenvalue weighted by atomic mass is 10.1. The highest BCUT2D eigenvalue weighted by molar-refractivity contribution is 6.02. The number of rotatable bonds is 5. The maximum Gasteiger partial charge on any atom is 0.332 e. The summed E-state index contributed by atoms with van der Waals surface area (Å²) < 4.78 is 7.22. The second-order valence-corrected chi connectivity index (χ2v) is 5.42. The van der Waals surface area contributed by atoms with E-state index in [1.807, 2.05) is 12.1 Å². The third-order valence-electron chi connectivity index (χ3n) is 3.87. The molecule has 2 N–H and O–H groups in total. The summed E-state index contributed by atoms with van der Waals surface area (Å²) in [5, 5.41) is 0. The van der Waals surface area contributed by atoms with Gasteiger partial charge in [0, 0.05) is 21.1 Å². The first kappa shape index (κ1) is 17.3. The highest BCUT2D eigenvalue weighted by Crippen LogP contribution is 2.26. The van der Waals surface area contributed by atoms with E-state index in [0.29, 0.717) is 11.4 Å². The van der Waals surface area contributed by atoms with Crippen LogP contribution in [-0.2, 0) is 14.1 Å². The van der Waals surface area contributed by atoms with E-state index in [-0.39, 0.29) is 17.9 Å². The van der Waals surface area contributed by atoms with Crippen molar-refractivity contribution >= 4 is 17.3 Å². The number of methoxy groups -OCH3 is 1. The first-order valence-corrected chi connectivity index (χ1v) is 7.22. The lowest BCUT2D eigenvalue weighted by Gasteiger charge is -2.21. The Balaban J connectivity index is 2.41. The van der Waals surface area contributed by atoms with Crippen LogP contribution < -0.4 is 26.6 Å². The van der Waals surface area contributed by atoms with E-state index in [9.17, 15) is 14.4 Å². The molecule has 8 nitrogen and oxygen atoms in total. The van der Waals surface area contributed by atoms with Crippen molar-refractivity contribution in [3.05, 3.63) is 50.7 Å². The number of likely N-dealkylation sites (N-methyl/N-ethyl adjacent to an activating group) is 1. The molecule has 0 radical (unpaired) electrons. The summed E-state index contributed by atoms with van der Waals surface area (Å²) >= 11 is 0. The number of carbonyl (C=O) groups excluding carboxylic acids is 1. The Morgan fingerprint density at radius 1 is 1.21 bits per heavy atom. The molecule has 0 atom stereocenters. The van der Waals surface area contributed by atoms with Crippen LogP contribution in [0.15, 0.2) is 33.9 Å². The normalized spacial score (nSPS) is 10.5. The Morgan fingerprint density at radius 3 is 2.46 bits per heavy atom. The fourth-order valence-corrected chi connectivity index (χ4v) is 2.45. The first-order chi connectivity index (χ1) is 11.3. The number of anilines is 2. The summed E-state index contributed by atoms with van der Waals surface area (Å²) in [5.74, 6) is -0.00670. The van der Waals surface area contributed by atoms with Gasteiger partial charge in [-0.3, -0.25) is 18.7 Å². The average molecular weight is 332 g/mol. The number of Topliss-reactive ketones (excluding diaryl/α,β-unsaturated/α-hetero) is 1. The summed E-state index contributed by atoms with van der Waals surface area (Å²) in [4.78, 5) is 38.3. The molecule has 0 amide bonds. The summed E-state index contributed by atoms with van der Waals surface area (Å²) in [5.41, 5.74) is 5.04. The zero-order valence-corrected chi connectivity index (χ0v) is 14.1. The molecular formula is C16H20N4O4. The number of nitrogens with zero attached hydrogens (tertiary/aromatic N) is 3. The summed E-state index contributed by atoms with van der Waals surface area (Å²) in [7, 11) is 5.97. The Labute approximate surface area is 138 Å². The van der Waals surface area contributed by atoms with Crippen molar-refractivity contribution in [1.82, 2.24) is 9.13 Å². The molecule has 24 heavy (non-hydrogen) atoms. The minimum Gasteiger partial charge on any atom is -0.495 e. The van der Waals surface area contributed by atoms with Crippen molar-refractivity contribution < 1.29 is 9.53 Å². The Bertz CT molecular complexity index is 898. The van der Waals surface area contributed by atoms with Crippen LogP contribution in [0.25, 0.3) is 0 Å². The van der Waals surface area contributed by atoms with E-state index in [4.69, 9.17) is 10.5 Å². The van der Waals surface area contributed by atoms with Crippen LogP contribution in [0.2, 0.25) is 0 Å². The van der Waals surface area contributed by atoms with Gasteiger partial charge in [0.05, 0.1) is 19.3 Å². The van der Waals surface area contributed by atoms with Crippen molar-refractivity contribution in [1.29, 1.82) is 0 Å². The van der Waals surface area contributed by atoms with Crippen LogP contribution in [0.4, 0.5) is 11.5 Å². The van der Waals surface area contributed by atoms with Crippen molar-refractivity contribution in [2.24, 2.45) is 14.1 Å². The molecule has 0 spiro atoms. The van der Waals surface area contributed by atoms with E-state index in [1.165, 1.54) is 21.2 Å². The molecular weight excluding hydrogens is 312 g/mol. The number of para-hydroxylation sites is 2. The van der Waals surface area contributed by atoms with Crippen LogP contribution in [0, 0.1) is 0 Å². The van der Waals surface area contributed by atoms with Crippen LogP contribution in [-0.4, -0.2) is 35.6 Å². The van der Waals surface area contributed by atoms with Crippen LogP contribution in [0.1, 0.15) is 10.4 Å². The SMILES string of the molecule is COc1ccccc1N(C)CC(=O)c1c(N)n(C)c(=O)n(C)c1=O. The van der Waals surface area contributed by atoms with Gasteiger partial charge in [-0.05, 0) is 12.1 Å². The second kappa shape index (κ2) is 6.61. The quantitative estimate of drug-likeness (QED) is 0.773. The van der Waals surface area contributed by atoms with Crippen molar-refractivity contribution in [3.63, 3.8) is 0 Å². The molecule has 2 aromatic rings. The standard InChI is InChI=1S/C16H20N4O4/c1-18(10-7-5-6-8-12(10)24-4)9-11(21)13-14(17)19(2)16(23)20(3)15(13)22/h5-8H,9,17H2,1-4H3. The molecule has 0 fully saturated rings. The van der Waals surface area contributed by atoms with E-state index in [1.54, 1.807) is 24.1 Å². The zero-order chi connectivity index (χ0) is 18.0. The molecule has 0 saturated carbocycles. The zero-order valence-electron chi connectivity index (χ0n) is 14.1. The van der Waals surface area contributed by atoms with Crippen LogP contribution in [0.3, 0.4) is 0 Å².